The molecule has 0 bridgehead atoms. The first-order valence-corrected chi connectivity index (χ1v) is 7.85. The van der Waals surface area contributed by atoms with Gasteiger partial charge in [0.2, 0.25) is 0 Å². The molecule has 2 aromatic heterocycles. The summed E-state index contributed by atoms with van der Waals surface area (Å²) in [5.41, 5.74) is -0.0252. The molecule has 122 valence electrons. The van der Waals surface area contributed by atoms with Gasteiger partial charge in [0.15, 0.2) is 5.96 Å². The van der Waals surface area contributed by atoms with Crippen LogP contribution in [0, 0.1) is 0 Å². The first kappa shape index (κ1) is 19.0. The number of nitrogens with one attached hydrogen (secondary N) is 2. The van der Waals surface area contributed by atoms with E-state index in [4.69, 9.17) is 4.42 Å². The van der Waals surface area contributed by atoms with E-state index in [9.17, 15) is 5.11 Å². The van der Waals surface area contributed by atoms with E-state index in [1.54, 1.807) is 24.5 Å². The molecule has 3 N–H and O–H groups in total. The van der Waals surface area contributed by atoms with Crippen LogP contribution in [0.3, 0.4) is 0 Å². The molecular formula is C15H22IN3O2S. The number of hydrogen-bond acceptors (Lipinski definition) is 4. The number of aliphatic hydroxyl groups is 1. The van der Waals surface area contributed by atoms with Gasteiger partial charge in [-0.25, -0.2) is 4.99 Å². The fourth-order valence-corrected chi connectivity index (χ4v) is 2.61. The van der Waals surface area contributed by atoms with Gasteiger partial charge in [-0.2, -0.15) is 11.3 Å². The zero-order valence-corrected chi connectivity index (χ0v) is 15.9. The van der Waals surface area contributed by atoms with E-state index >= 15 is 0 Å². The largest absolute Gasteiger partial charge is 0.467 e. The molecule has 0 aliphatic heterocycles. The van der Waals surface area contributed by atoms with Gasteiger partial charge in [0, 0.05) is 6.54 Å². The Balaban J connectivity index is 0.00000242. The summed E-state index contributed by atoms with van der Waals surface area (Å²) in [7, 11) is 0. The maximum Gasteiger partial charge on any atom is 0.191 e. The lowest BCUT2D eigenvalue weighted by Gasteiger charge is -2.24. The van der Waals surface area contributed by atoms with Crippen LogP contribution in [0.2, 0.25) is 0 Å². The van der Waals surface area contributed by atoms with E-state index in [0.29, 0.717) is 19.0 Å². The van der Waals surface area contributed by atoms with E-state index in [0.717, 1.165) is 17.9 Å². The summed E-state index contributed by atoms with van der Waals surface area (Å²) in [5.74, 6) is 1.46. The van der Waals surface area contributed by atoms with Crippen LogP contribution >= 0.6 is 35.3 Å². The Kier molecular flexibility index (Phi) is 7.91. The number of guanidine groups is 1. The van der Waals surface area contributed by atoms with Crippen molar-refractivity contribution in [2.45, 2.75) is 26.0 Å². The number of thiophene rings is 1. The summed E-state index contributed by atoms with van der Waals surface area (Å²) in [6.07, 6.45) is 1.63. The van der Waals surface area contributed by atoms with Crippen LogP contribution in [0.25, 0.3) is 0 Å². The monoisotopic (exact) mass is 435 g/mol. The third-order valence-corrected chi connectivity index (χ3v) is 3.74. The lowest BCUT2D eigenvalue weighted by Crippen LogP contribution is -2.44. The van der Waals surface area contributed by atoms with Gasteiger partial charge in [-0.15, -0.1) is 24.0 Å². The van der Waals surface area contributed by atoms with E-state index < -0.39 is 5.60 Å². The highest BCUT2D eigenvalue weighted by atomic mass is 127. The Bertz CT molecular complexity index is 553. The minimum absolute atomic E-state index is 0. The Morgan fingerprint density at radius 1 is 1.41 bits per heavy atom. The first-order valence-electron chi connectivity index (χ1n) is 6.91. The number of furan rings is 1. The van der Waals surface area contributed by atoms with Crippen molar-refractivity contribution >= 4 is 41.3 Å². The maximum absolute atomic E-state index is 10.5. The summed E-state index contributed by atoms with van der Waals surface area (Å²) in [5, 5.41) is 20.7. The van der Waals surface area contributed by atoms with Gasteiger partial charge in [-0.05, 0) is 48.4 Å². The third kappa shape index (κ3) is 5.62. The maximum atomic E-state index is 10.5. The zero-order chi connectivity index (χ0) is 15.1. The fraction of sp³-hybridized carbons (Fsp3) is 0.400. The SMILES string of the molecule is CCNC(=NCc1ccco1)NCC(C)(O)c1ccsc1.I. The number of halogens is 1. The number of hydrogen-bond donors (Lipinski definition) is 3. The topological polar surface area (TPSA) is 69.8 Å². The molecule has 0 amide bonds. The van der Waals surface area contributed by atoms with Crippen LogP contribution in [-0.2, 0) is 12.1 Å². The molecule has 0 radical (unpaired) electrons. The summed E-state index contributed by atoms with van der Waals surface area (Å²) >= 11 is 1.57. The summed E-state index contributed by atoms with van der Waals surface area (Å²) in [6, 6.07) is 5.65. The van der Waals surface area contributed by atoms with Crippen LogP contribution in [0.15, 0.2) is 44.6 Å². The molecule has 0 saturated carbocycles. The van der Waals surface area contributed by atoms with E-state index in [2.05, 4.69) is 15.6 Å². The van der Waals surface area contributed by atoms with Crippen molar-refractivity contribution in [1.29, 1.82) is 0 Å². The van der Waals surface area contributed by atoms with Gasteiger partial charge < -0.3 is 20.2 Å². The van der Waals surface area contributed by atoms with Gasteiger partial charge in [0.25, 0.3) is 0 Å². The lowest BCUT2D eigenvalue weighted by atomic mass is 9.99. The standard InChI is InChI=1S/C15H21N3O2S.HI/c1-3-16-14(17-9-13-5-4-7-20-13)18-11-15(2,19)12-6-8-21-10-12;/h4-8,10,19H,3,9,11H2,1-2H3,(H2,16,17,18);1H. The van der Waals surface area contributed by atoms with Crippen molar-refractivity contribution in [2.75, 3.05) is 13.1 Å². The molecule has 5 nitrogen and oxygen atoms in total. The highest BCUT2D eigenvalue weighted by Gasteiger charge is 2.23. The summed E-state index contributed by atoms with van der Waals surface area (Å²) < 4.78 is 5.26. The second-order valence-corrected chi connectivity index (χ2v) is 5.69. The molecule has 22 heavy (non-hydrogen) atoms. The number of rotatable bonds is 6. The van der Waals surface area contributed by atoms with Gasteiger partial charge in [-0.3, -0.25) is 0 Å². The summed E-state index contributed by atoms with van der Waals surface area (Å²) in [6.45, 7) is 5.39. The van der Waals surface area contributed by atoms with Crippen LogP contribution in [-0.4, -0.2) is 24.2 Å². The number of nitrogens with zero attached hydrogens (tertiary/aromatic N) is 1. The smallest absolute Gasteiger partial charge is 0.191 e. The van der Waals surface area contributed by atoms with Crippen molar-refractivity contribution in [3.8, 4) is 0 Å². The molecule has 7 heteroatoms. The van der Waals surface area contributed by atoms with Crippen LogP contribution < -0.4 is 10.6 Å². The Morgan fingerprint density at radius 2 is 2.23 bits per heavy atom. The summed E-state index contributed by atoms with van der Waals surface area (Å²) in [4.78, 5) is 4.43. The average molecular weight is 435 g/mol. The normalized spacial score (nSPS) is 14.0. The molecule has 2 rings (SSSR count). The van der Waals surface area contributed by atoms with Gasteiger partial charge in [0.05, 0.1) is 12.8 Å². The van der Waals surface area contributed by atoms with Crippen molar-refractivity contribution in [3.05, 3.63) is 46.5 Å². The van der Waals surface area contributed by atoms with Gasteiger partial charge in [0.1, 0.15) is 17.9 Å². The van der Waals surface area contributed by atoms with Crippen molar-refractivity contribution in [3.63, 3.8) is 0 Å². The van der Waals surface area contributed by atoms with E-state index in [-0.39, 0.29) is 24.0 Å². The molecule has 1 atom stereocenters. The Morgan fingerprint density at radius 3 is 2.82 bits per heavy atom. The van der Waals surface area contributed by atoms with E-state index in [1.807, 2.05) is 35.9 Å². The molecule has 0 aromatic carbocycles. The molecule has 0 saturated heterocycles. The van der Waals surface area contributed by atoms with Crippen molar-refractivity contribution in [1.82, 2.24) is 10.6 Å². The van der Waals surface area contributed by atoms with Crippen molar-refractivity contribution < 1.29 is 9.52 Å². The van der Waals surface area contributed by atoms with Gasteiger partial charge in [-0.1, -0.05) is 0 Å². The molecular weight excluding hydrogens is 413 g/mol. The lowest BCUT2D eigenvalue weighted by molar-refractivity contribution is 0.0621. The molecule has 2 aromatic rings. The molecule has 2 heterocycles. The molecule has 1 unspecified atom stereocenters. The predicted octanol–water partition coefficient (Wildman–Crippen LogP) is 2.92. The Labute approximate surface area is 151 Å². The zero-order valence-electron chi connectivity index (χ0n) is 12.7. The quantitative estimate of drug-likeness (QED) is 0.371. The predicted molar refractivity (Wildman–Crippen MR) is 101 cm³/mol. The molecule has 0 fully saturated rings. The Hall–Kier alpha value is -1.06. The average Bonchev–Trinajstić information content (AvgIpc) is 3.14. The number of aliphatic imine (C=N–C) groups is 1. The first-order chi connectivity index (χ1) is 10.1. The second-order valence-electron chi connectivity index (χ2n) is 4.91. The molecule has 0 aliphatic carbocycles. The highest BCUT2D eigenvalue weighted by Crippen LogP contribution is 2.21. The highest BCUT2D eigenvalue weighted by molar-refractivity contribution is 14.0. The van der Waals surface area contributed by atoms with Gasteiger partial charge >= 0.3 is 0 Å². The van der Waals surface area contributed by atoms with Crippen molar-refractivity contribution in [2.24, 2.45) is 4.99 Å². The minimum atomic E-state index is -0.930. The molecule has 0 aliphatic rings. The second kappa shape index (κ2) is 9.16. The van der Waals surface area contributed by atoms with Crippen LogP contribution in [0.5, 0.6) is 0 Å². The fourth-order valence-electron chi connectivity index (χ4n) is 1.83. The molecule has 0 spiro atoms. The van der Waals surface area contributed by atoms with Crippen LogP contribution in [0.4, 0.5) is 0 Å². The van der Waals surface area contributed by atoms with Crippen LogP contribution in [0.1, 0.15) is 25.2 Å². The van der Waals surface area contributed by atoms with E-state index in [1.165, 1.54) is 0 Å². The third-order valence-electron chi connectivity index (χ3n) is 3.06. The minimum Gasteiger partial charge on any atom is -0.467 e.